The van der Waals surface area contributed by atoms with Crippen LogP contribution in [0.2, 0.25) is 0 Å². The van der Waals surface area contributed by atoms with Crippen LogP contribution in [0, 0.1) is 33.1 Å². The van der Waals surface area contributed by atoms with Crippen LogP contribution in [0.4, 0.5) is 20.2 Å². The highest BCUT2D eigenvalue weighted by Gasteiger charge is 2.13. The van der Waals surface area contributed by atoms with E-state index in [1.165, 1.54) is 24.3 Å². The molecule has 0 spiro atoms. The SMILES string of the molecule is N#Cc1cc(NCc2ccc(F)cc2F)ccc1[N+](=O)[O-]. The van der Waals surface area contributed by atoms with Crippen LogP contribution < -0.4 is 5.32 Å². The van der Waals surface area contributed by atoms with Gasteiger partial charge >= 0.3 is 0 Å². The second-order valence-electron chi connectivity index (χ2n) is 4.19. The topological polar surface area (TPSA) is 79.0 Å². The van der Waals surface area contributed by atoms with Crippen LogP contribution in [0.1, 0.15) is 11.1 Å². The molecule has 0 unspecified atom stereocenters. The summed E-state index contributed by atoms with van der Waals surface area (Å²) in [5, 5.41) is 22.4. The van der Waals surface area contributed by atoms with Crippen molar-refractivity contribution >= 4 is 11.4 Å². The number of hydrogen-bond acceptors (Lipinski definition) is 4. The molecule has 2 aromatic carbocycles. The van der Waals surface area contributed by atoms with Gasteiger partial charge in [0, 0.05) is 29.9 Å². The lowest BCUT2D eigenvalue weighted by molar-refractivity contribution is -0.385. The molecule has 106 valence electrons. The molecule has 0 saturated heterocycles. The normalized spacial score (nSPS) is 9.95. The van der Waals surface area contributed by atoms with E-state index in [1.54, 1.807) is 6.07 Å². The first kappa shape index (κ1) is 14.4. The van der Waals surface area contributed by atoms with E-state index in [2.05, 4.69) is 5.32 Å². The number of halogens is 2. The van der Waals surface area contributed by atoms with Crippen molar-refractivity contribution in [2.75, 3.05) is 5.32 Å². The van der Waals surface area contributed by atoms with E-state index in [1.807, 2.05) is 0 Å². The van der Waals surface area contributed by atoms with Crippen molar-refractivity contribution in [2.24, 2.45) is 0 Å². The Morgan fingerprint density at radius 2 is 2.00 bits per heavy atom. The van der Waals surface area contributed by atoms with Crippen LogP contribution in [0.3, 0.4) is 0 Å². The number of nitriles is 1. The third kappa shape index (κ3) is 3.30. The molecule has 0 heterocycles. The summed E-state index contributed by atoms with van der Waals surface area (Å²) in [6.45, 7) is 0.0643. The van der Waals surface area contributed by atoms with E-state index in [9.17, 15) is 18.9 Å². The second-order valence-corrected chi connectivity index (χ2v) is 4.19. The number of benzene rings is 2. The summed E-state index contributed by atoms with van der Waals surface area (Å²) in [7, 11) is 0. The van der Waals surface area contributed by atoms with Gasteiger partial charge < -0.3 is 5.32 Å². The summed E-state index contributed by atoms with van der Waals surface area (Å²) in [6.07, 6.45) is 0. The molecule has 0 fully saturated rings. The van der Waals surface area contributed by atoms with Crippen LogP contribution in [0.5, 0.6) is 0 Å². The minimum atomic E-state index is -0.690. The Morgan fingerprint density at radius 3 is 2.62 bits per heavy atom. The number of nitrogens with one attached hydrogen (secondary N) is 1. The van der Waals surface area contributed by atoms with Gasteiger partial charge in [-0.05, 0) is 18.2 Å². The largest absolute Gasteiger partial charge is 0.381 e. The molecule has 0 amide bonds. The van der Waals surface area contributed by atoms with E-state index in [0.717, 1.165) is 12.1 Å². The monoisotopic (exact) mass is 289 g/mol. The van der Waals surface area contributed by atoms with Crippen LogP contribution in [0.25, 0.3) is 0 Å². The maximum atomic E-state index is 13.4. The van der Waals surface area contributed by atoms with Crippen molar-refractivity contribution in [3.63, 3.8) is 0 Å². The zero-order valence-corrected chi connectivity index (χ0v) is 10.6. The molecule has 21 heavy (non-hydrogen) atoms. The Kier molecular flexibility index (Phi) is 4.09. The first-order valence-electron chi connectivity index (χ1n) is 5.87. The Balaban J connectivity index is 2.17. The fraction of sp³-hybridized carbons (Fsp3) is 0.0714. The lowest BCUT2D eigenvalue weighted by Crippen LogP contribution is -2.03. The lowest BCUT2D eigenvalue weighted by atomic mass is 10.1. The zero-order chi connectivity index (χ0) is 15.4. The highest BCUT2D eigenvalue weighted by Crippen LogP contribution is 2.22. The molecule has 7 heteroatoms. The Morgan fingerprint density at radius 1 is 1.24 bits per heavy atom. The van der Waals surface area contributed by atoms with Gasteiger partial charge in [-0.1, -0.05) is 6.07 Å². The van der Waals surface area contributed by atoms with Crippen LogP contribution in [0.15, 0.2) is 36.4 Å². The molecule has 0 bridgehead atoms. The van der Waals surface area contributed by atoms with Gasteiger partial charge in [0.25, 0.3) is 5.69 Å². The Bertz CT molecular complexity index is 741. The molecule has 2 aromatic rings. The van der Waals surface area contributed by atoms with Crippen molar-refractivity contribution in [3.05, 3.63) is 69.3 Å². The summed E-state index contributed by atoms with van der Waals surface area (Å²) in [5.74, 6) is -1.36. The van der Waals surface area contributed by atoms with Crippen molar-refractivity contribution in [1.82, 2.24) is 0 Å². The van der Waals surface area contributed by atoms with Crippen LogP contribution in [-0.4, -0.2) is 4.92 Å². The third-order valence-corrected chi connectivity index (χ3v) is 2.81. The molecule has 0 radical (unpaired) electrons. The maximum Gasteiger partial charge on any atom is 0.287 e. The minimum absolute atomic E-state index is 0.0643. The molecule has 5 nitrogen and oxygen atoms in total. The predicted molar refractivity (Wildman–Crippen MR) is 71.5 cm³/mol. The van der Waals surface area contributed by atoms with E-state index < -0.39 is 16.6 Å². The molecular weight excluding hydrogens is 280 g/mol. The quantitative estimate of drug-likeness (QED) is 0.691. The summed E-state index contributed by atoms with van der Waals surface area (Å²) in [5.41, 5.74) is 0.287. The molecule has 0 aromatic heterocycles. The average molecular weight is 289 g/mol. The molecule has 0 saturated carbocycles. The van der Waals surface area contributed by atoms with Crippen LogP contribution in [-0.2, 0) is 6.54 Å². The van der Waals surface area contributed by atoms with E-state index in [4.69, 9.17) is 5.26 Å². The molecule has 0 aliphatic rings. The number of nitrogens with zero attached hydrogens (tertiary/aromatic N) is 2. The minimum Gasteiger partial charge on any atom is -0.381 e. The molecule has 0 atom stereocenters. The van der Waals surface area contributed by atoms with Crippen molar-refractivity contribution in [1.29, 1.82) is 5.26 Å². The van der Waals surface area contributed by atoms with Gasteiger partial charge in [-0.2, -0.15) is 5.26 Å². The summed E-state index contributed by atoms with van der Waals surface area (Å²) < 4.78 is 26.2. The van der Waals surface area contributed by atoms with Crippen molar-refractivity contribution < 1.29 is 13.7 Å². The van der Waals surface area contributed by atoms with Gasteiger partial charge in [0.15, 0.2) is 0 Å². The molecule has 1 N–H and O–H groups in total. The molecule has 0 aliphatic carbocycles. The summed E-state index contributed by atoms with van der Waals surface area (Å²) in [6, 6.07) is 8.85. The highest BCUT2D eigenvalue weighted by molar-refractivity contribution is 5.58. The van der Waals surface area contributed by atoms with E-state index in [-0.39, 0.29) is 23.4 Å². The smallest absolute Gasteiger partial charge is 0.287 e. The van der Waals surface area contributed by atoms with Gasteiger partial charge in [-0.3, -0.25) is 10.1 Å². The van der Waals surface area contributed by atoms with Gasteiger partial charge in [-0.15, -0.1) is 0 Å². The zero-order valence-electron chi connectivity index (χ0n) is 10.6. The molecular formula is C14H9F2N3O2. The first-order valence-corrected chi connectivity index (χ1v) is 5.87. The standard InChI is InChI=1S/C14H9F2N3O2/c15-11-2-1-9(13(16)6-11)8-18-12-3-4-14(19(20)21)10(5-12)7-17/h1-6,18H,8H2. The first-order chi connectivity index (χ1) is 10.0. The third-order valence-electron chi connectivity index (χ3n) is 2.81. The average Bonchev–Trinajstić information content (AvgIpc) is 2.45. The number of anilines is 1. The fourth-order valence-electron chi connectivity index (χ4n) is 1.76. The Hall–Kier alpha value is -3.01. The van der Waals surface area contributed by atoms with Gasteiger partial charge in [-0.25, -0.2) is 8.78 Å². The van der Waals surface area contributed by atoms with Gasteiger partial charge in [0.1, 0.15) is 23.3 Å². The fourth-order valence-corrected chi connectivity index (χ4v) is 1.76. The molecule has 2 rings (SSSR count). The van der Waals surface area contributed by atoms with E-state index >= 15 is 0 Å². The van der Waals surface area contributed by atoms with Crippen molar-refractivity contribution in [2.45, 2.75) is 6.54 Å². The Labute approximate surface area is 118 Å². The maximum absolute atomic E-state index is 13.4. The highest BCUT2D eigenvalue weighted by atomic mass is 19.1. The number of hydrogen-bond donors (Lipinski definition) is 1. The molecule has 0 aliphatic heterocycles. The predicted octanol–water partition coefficient (Wildman–Crippen LogP) is 3.36. The number of nitro benzene ring substituents is 1. The lowest BCUT2D eigenvalue weighted by Gasteiger charge is -2.08. The van der Waals surface area contributed by atoms with Gasteiger partial charge in [0.2, 0.25) is 0 Å². The number of nitro groups is 1. The van der Waals surface area contributed by atoms with Crippen LogP contribution >= 0.6 is 0 Å². The van der Waals surface area contributed by atoms with Crippen molar-refractivity contribution in [3.8, 4) is 6.07 Å². The summed E-state index contributed by atoms with van der Waals surface area (Å²) in [4.78, 5) is 10.0. The van der Waals surface area contributed by atoms with E-state index in [0.29, 0.717) is 5.69 Å². The number of rotatable bonds is 4. The second kappa shape index (κ2) is 5.96. The summed E-state index contributed by atoms with van der Waals surface area (Å²) >= 11 is 0. The van der Waals surface area contributed by atoms with Gasteiger partial charge in [0.05, 0.1) is 4.92 Å².